The molecule has 15 heavy (non-hydrogen) atoms. The molecule has 1 aliphatic heterocycles. The molecule has 0 radical (unpaired) electrons. The van der Waals surface area contributed by atoms with Crippen LogP contribution in [0.1, 0.15) is 48.0 Å². The second-order valence-corrected chi connectivity index (χ2v) is 6.77. The van der Waals surface area contributed by atoms with Crippen molar-refractivity contribution in [3.8, 4) is 0 Å². The molecule has 1 saturated heterocycles. The summed E-state index contributed by atoms with van der Waals surface area (Å²) >= 11 is 0. The third kappa shape index (κ3) is 5.19. The van der Waals surface area contributed by atoms with Gasteiger partial charge >= 0.3 is 0 Å². The molecule has 0 aromatic carbocycles. The Labute approximate surface area is 101 Å². The Bertz CT molecular complexity index is 198. The highest BCUT2D eigenvalue weighted by molar-refractivity contribution is 5.85. The van der Waals surface area contributed by atoms with Gasteiger partial charge in [-0.3, -0.25) is 5.32 Å². The maximum Gasteiger partial charge on any atom is 0.116 e. The smallest absolute Gasteiger partial charge is 0.116 e. The van der Waals surface area contributed by atoms with E-state index in [1.165, 1.54) is 0 Å². The Kier molecular flexibility index (Phi) is 4.67. The largest absolute Gasteiger partial charge is 0.360 e. The standard InChI is InChI=1S/C12H25NO.ClH/c1-10(2,3)7-12(6)13-8-11(4,5)9-14-12;/h13H,7-9H2,1-6H3;1H. The summed E-state index contributed by atoms with van der Waals surface area (Å²) in [4.78, 5) is 0. The highest BCUT2D eigenvalue weighted by Gasteiger charge is 2.37. The average Bonchev–Trinajstić information content (AvgIpc) is 1.93. The van der Waals surface area contributed by atoms with Crippen LogP contribution in [0.25, 0.3) is 0 Å². The minimum atomic E-state index is -0.131. The van der Waals surface area contributed by atoms with E-state index in [4.69, 9.17) is 4.74 Å². The Morgan fingerprint density at radius 1 is 1.20 bits per heavy atom. The van der Waals surface area contributed by atoms with Crippen molar-refractivity contribution in [2.24, 2.45) is 10.8 Å². The van der Waals surface area contributed by atoms with Crippen molar-refractivity contribution in [2.45, 2.75) is 53.7 Å². The molecule has 0 aromatic rings. The third-order valence-corrected chi connectivity index (χ3v) is 2.59. The first-order valence-electron chi connectivity index (χ1n) is 5.51. The van der Waals surface area contributed by atoms with Gasteiger partial charge in [0.05, 0.1) is 6.61 Å². The first-order chi connectivity index (χ1) is 6.12. The number of rotatable bonds is 1. The molecule has 1 fully saturated rings. The lowest BCUT2D eigenvalue weighted by Gasteiger charge is -2.45. The number of ether oxygens (including phenoxy) is 1. The Morgan fingerprint density at radius 2 is 1.73 bits per heavy atom. The average molecular weight is 236 g/mol. The van der Waals surface area contributed by atoms with Crippen molar-refractivity contribution in [1.29, 1.82) is 0 Å². The quantitative estimate of drug-likeness (QED) is 0.754. The molecule has 0 aliphatic carbocycles. The van der Waals surface area contributed by atoms with Crippen molar-refractivity contribution < 1.29 is 4.74 Å². The van der Waals surface area contributed by atoms with Gasteiger partial charge in [0.15, 0.2) is 0 Å². The monoisotopic (exact) mass is 235 g/mol. The van der Waals surface area contributed by atoms with Crippen LogP contribution in [-0.2, 0) is 4.74 Å². The minimum Gasteiger partial charge on any atom is -0.360 e. The van der Waals surface area contributed by atoms with Gasteiger partial charge in [0.2, 0.25) is 0 Å². The summed E-state index contributed by atoms with van der Waals surface area (Å²) < 4.78 is 5.95. The predicted molar refractivity (Wildman–Crippen MR) is 67.5 cm³/mol. The molecule has 0 amide bonds. The highest BCUT2D eigenvalue weighted by atomic mass is 35.5. The zero-order valence-corrected chi connectivity index (χ0v) is 11.8. The van der Waals surface area contributed by atoms with Crippen molar-refractivity contribution in [2.75, 3.05) is 13.2 Å². The van der Waals surface area contributed by atoms with Crippen LogP contribution in [0.3, 0.4) is 0 Å². The molecule has 1 heterocycles. The van der Waals surface area contributed by atoms with Gasteiger partial charge in [-0.1, -0.05) is 34.6 Å². The fourth-order valence-corrected chi connectivity index (χ4v) is 2.01. The van der Waals surface area contributed by atoms with Crippen molar-refractivity contribution >= 4 is 12.4 Å². The molecule has 1 N–H and O–H groups in total. The summed E-state index contributed by atoms with van der Waals surface area (Å²) in [5.74, 6) is 0. The number of hydrogen-bond donors (Lipinski definition) is 1. The lowest BCUT2D eigenvalue weighted by Crippen LogP contribution is -2.57. The van der Waals surface area contributed by atoms with Gasteiger partial charge in [-0.25, -0.2) is 0 Å². The Hall–Kier alpha value is 0.210. The molecule has 1 aliphatic rings. The topological polar surface area (TPSA) is 21.3 Å². The highest BCUT2D eigenvalue weighted by Crippen LogP contribution is 2.32. The molecule has 1 rings (SSSR count). The Morgan fingerprint density at radius 3 is 2.07 bits per heavy atom. The van der Waals surface area contributed by atoms with E-state index in [0.717, 1.165) is 19.6 Å². The summed E-state index contributed by atoms with van der Waals surface area (Å²) in [5.41, 5.74) is 0.453. The van der Waals surface area contributed by atoms with E-state index >= 15 is 0 Å². The van der Waals surface area contributed by atoms with Crippen LogP contribution in [0.2, 0.25) is 0 Å². The number of halogens is 1. The zero-order valence-electron chi connectivity index (χ0n) is 10.9. The van der Waals surface area contributed by atoms with Gasteiger partial charge in [0.1, 0.15) is 5.72 Å². The van der Waals surface area contributed by atoms with Crippen LogP contribution in [0.15, 0.2) is 0 Å². The second-order valence-electron chi connectivity index (χ2n) is 6.77. The third-order valence-electron chi connectivity index (χ3n) is 2.59. The van der Waals surface area contributed by atoms with Gasteiger partial charge in [-0.2, -0.15) is 0 Å². The van der Waals surface area contributed by atoms with Crippen LogP contribution in [0, 0.1) is 10.8 Å². The lowest BCUT2D eigenvalue weighted by molar-refractivity contribution is -0.142. The Balaban J connectivity index is 0.00000196. The van der Waals surface area contributed by atoms with Gasteiger partial charge < -0.3 is 4.74 Å². The van der Waals surface area contributed by atoms with Crippen LogP contribution in [0.5, 0.6) is 0 Å². The fraction of sp³-hybridized carbons (Fsp3) is 1.00. The van der Waals surface area contributed by atoms with Crippen molar-refractivity contribution in [3.63, 3.8) is 0 Å². The molecule has 0 spiro atoms. The second kappa shape index (κ2) is 4.60. The molecule has 92 valence electrons. The van der Waals surface area contributed by atoms with E-state index in [-0.39, 0.29) is 23.5 Å². The maximum absolute atomic E-state index is 5.95. The fourth-order valence-electron chi connectivity index (χ4n) is 2.01. The van der Waals surface area contributed by atoms with Crippen molar-refractivity contribution in [3.05, 3.63) is 0 Å². The minimum absolute atomic E-state index is 0. The summed E-state index contributed by atoms with van der Waals surface area (Å²) in [5, 5.41) is 3.52. The lowest BCUT2D eigenvalue weighted by atomic mass is 9.84. The SMILES string of the molecule is CC(C)(C)CC1(C)NCC(C)(C)CO1.Cl. The van der Waals surface area contributed by atoms with Crippen LogP contribution >= 0.6 is 12.4 Å². The van der Waals surface area contributed by atoms with Gasteiger partial charge in [0, 0.05) is 12.0 Å². The summed E-state index contributed by atoms with van der Waals surface area (Å²) in [7, 11) is 0. The molecule has 2 nitrogen and oxygen atoms in total. The normalized spacial score (nSPS) is 30.8. The molecular weight excluding hydrogens is 210 g/mol. The van der Waals surface area contributed by atoms with Crippen LogP contribution in [-0.4, -0.2) is 18.9 Å². The van der Waals surface area contributed by atoms with Crippen LogP contribution < -0.4 is 5.32 Å². The summed E-state index contributed by atoms with van der Waals surface area (Å²) in [6.45, 7) is 15.3. The maximum atomic E-state index is 5.95. The molecule has 0 saturated carbocycles. The van der Waals surface area contributed by atoms with E-state index in [1.807, 2.05) is 0 Å². The van der Waals surface area contributed by atoms with E-state index in [9.17, 15) is 0 Å². The van der Waals surface area contributed by atoms with E-state index in [1.54, 1.807) is 0 Å². The molecule has 0 bridgehead atoms. The van der Waals surface area contributed by atoms with Crippen molar-refractivity contribution in [1.82, 2.24) is 5.32 Å². The molecule has 1 atom stereocenters. The van der Waals surface area contributed by atoms with Gasteiger partial charge in [0.25, 0.3) is 0 Å². The first kappa shape index (κ1) is 15.2. The van der Waals surface area contributed by atoms with Gasteiger partial charge in [-0.05, 0) is 18.8 Å². The van der Waals surface area contributed by atoms with Gasteiger partial charge in [-0.15, -0.1) is 12.4 Å². The van der Waals surface area contributed by atoms with Crippen LogP contribution in [0.4, 0.5) is 0 Å². The zero-order chi connectivity index (χ0) is 11.0. The molecule has 3 heteroatoms. The first-order valence-corrected chi connectivity index (χ1v) is 5.51. The predicted octanol–water partition coefficient (Wildman–Crippen LogP) is 3.21. The van der Waals surface area contributed by atoms with E-state index < -0.39 is 0 Å². The number of nitrogens with one attached hydrogen (secondary N) is 1. The molecular formula is C12H26ClNO. The summed E-state index contributed by atoms with van der Waals surface area (Å²) in [6, 6.07) is 0. The van der Waals surface area contributed by atoms with E-state index in [2.05, 4.69) is 46.9 Å². The summed E-state index contributed by atoms with van der Waals surface area (Å²) in [6.07, 6.45) is 1.05. The molecule has 0 aromatic heterocycles. The van der Waals surface area contributed by atoms with E-state index in [0.29, 0.717) is 5.41 Å². The number of hydrogen-bond acceptors (Lipinski definition) is 2. The molecule has 1 unspecified atom stereocenters.